The summed E-state index contributed by atoms with van der Waals surface area (Å²) in [7, 11) is 0. The van der Waals surface area contributed by atoms with Crippen molar-refractivity contribution < 1.29 is 19.2 Å². The first-order valence-corrected chi connectivity index (χ1v) is 10.6. The number of rotatable bonds is 8. The molecule has 0 aliphatic carbocycles. The molecule has 1 heterocycles. The first-order valence-electron chi connectivity index (χ1n) is 10.6. The van der Waals surface area contributed by atoms with Crippen LogP contribution in [0.5, 0.6) is 5.75 Å². The molecule has 1 atom stereocenters. The molecule has 0 radical (unpaired) electrons. The van der Waals surface area contributed by atoms with Gasteiger partial charge in [-0.3, -0.25) is 4.79 Å². The number of hydrogen-bond acceptors (Lipinski definition) is 4. The van der Waals surface area contributed by atoms with Gasteiger partial charge in [0, 0.05) is 12.0 Å². The van der Waals surface area contributed by atoms with Gasteiger partial charge in [0.15, 0.2) is 0 Å². The van der Waals surface area contributed by atoms with Gasteiger partial charge in [-0.15, -0.1) is 0 Å². The monoisotopic (exact) mass is 421 g/mol. The molecule has 1 N–H and O–H groups in total. The van der Waals surface area contributed by atoms with Crippen molar-refractivity contribution in [2.45, 2.75) is 64.9 Å². The first kappa shape index (κ1) is 22.6. The fraction of sp³-hybridized carbons (Fsp3) is 0.385. The average molecular weight is 422 g/mol. The first-order chi connectivity index (χ1) is 14.6. The van der Waals surface area contributed by atoms with Gasteiger partial charge in [0.1, 0.15) is 18.6 Å². The quantitative estimate of drug-likeness (QED) is 0.463. The van der Waals surface area contributed by atoms with Gasteiger partial charge in [0.25, 0.3) is 0 Å². The Hall–Kier alpha value is -3.08. The highest BCUT2D eigenvalue weighted by Gasteiger charge is 2.21. The SMILES string of the molecule is CC(C)c1cc(COc2ccc(C(CC(=O)O)c3ccon3)cc2)ccc1C(C)(C)C. The second-order valence-corrected chi connectivity index (χ2v) is 9.26. The van der Waals surface area contributed by atoms with Crippen LogP contribution >= 0.6 is 0 Å². The van der Waals surface area contributed by atoms with E-state index in [1.807, 2.05) is 24.3 Å². The van der Waals surface area contributed by atoms with Crippen LogP contribution in [0.25, 0.3) is 0 Å². The van der Waals surface area contributed by atoms with Crippen molar-refractivity contribution in [1.29, 1.82) is 0 Å². The molecular formula is C26H31NO4. The topological polar surface area (TPSA) is 72.6 Å². The number of hydrogen-bond donors (Lipinski definition) is 1. The number of aromatic nitrogens is 1. The summed E-state index contributed by atoms with van der Waals surface area (Å²) in [6.45, 7) is 11.6. The van der Waals surface area contributed by atoms with E-state index in [1.165, 1.54) is 17.4 Å². The molecule has 0 spiro atoms. The average Bonchev–Trinajstić information content (AvgIpc) is 3.24. The Labute approximate surface area is 184 Å². The van der Waals surface area contributed by atoms with Gasteiger partial charge < -0.3 is 14.4 Å². The predicted molar refractivity (Wildman–Crippen MR) is 121 cm³/mol. The van der Waals surface area contributed by atoms with E-state index < -0.39 is 5.97 Å². The maximum Gasteiger partial charge on any atom is 0.304 e. The second kappa shape index (κ2) is 9.38. The molecule has 31 heavy (non-hydrogen) atoms. The highest BCUT2D eigenvalue weighted by molar-refractivity contribution is 5.68. The van der Waals surface area contributed by atoms with Gasteiger partial charge in [0.2, 0.25) is 0 Å². The molecule has 0 saturated carbocycles. The third-order valence-corrected chi connectivity index (χ3v) is 5.43. The van der Waals surface area contributed by atoms with Crippen molar-refractivity contribution in [3.05, 3.63) is 82.7 Å². The van der Waals surface area contributed by atoms with Crippen LogP contribution in [0.15, 0.2) is 59.3 Å². The summed E-state index contributed by atoms with van der Waals surface area (Å²) in [4.78, 5) is 11.3. The summed E-state index contributed by atoms with van der Waals surface area (Å²) in [5.41, 5.74) is 5.43. The summed E-state index contributed by atoms with van der Waals surface area (Å²) in [5.74, 6) is -0.0584. The Morgan fingerprint density at radius 2 is 1.81 bits per heavy atom. The predicted octanol–water partition coefficient (Wildman–Crippen LogP) is 6.28. The number of ether oxygens (including phenoxy) is 1. The third kappa shape index (κ3) is 5.75. The van der Waals surface area contributed by atoms with E-state index in [2.05, 4.69) is 58.0 Å². The lowest BCUT2D eigenvalue weighted by atomic mass is 9.80. The van der Waals surface area contributed by atoms with E-state index in [1.54, 1.807) is 6.07 Å². The van der Waals surface area contributed by atoms with Gasteiger partial charge in [-0.25, -0.2) is 0 Å². The molecule has 0 saturated heterocycles. The molecule has 0 aliphatic rings. The van der Waals surface area contributed by atoms with E-state index in [0.29, 0.717) is 18.2 Å². The van der Waals surface area contributed by atoms with Gasteiger partial charge >= 0.3 is 5.97 Å². The minimum Gasteiger partial charge on any atom is -0.489 e. The normalized spacial score (nSPS) is 12.7. The number of carboxylic acids is 1. The lowest BCUT2D eigenvalue weighted by Gasteiger charge is -2.25. The van der Waals surface area contributed by atoms with E-state index in [0.717, 1.165) is 16.9 Å². The molecule has 0 amide bonds. The standard InChI is InChI=1S/C26H31NO4/c1-17(2)21-14-18(6-11-23(21)26(3,4)5)16-30-20-9-7-19(8-10-20)22(15-25(28)29)24-12-13-31-27-24/h6-14,17,22H,15-16H2,1-5H3,(H,28,29). The zero-order valence-electron chi connectivity index (χ0n) is 18.9. The van der Waals surface area contributed by atoms with Gasteiger partial charge in [-0.05, 0) is 45.7 Å². The van der Waals surface area contributed by atoms with Crippen molar-refractivity contribution in [3.63, 3.8) is 0 Å². The molecule has 1 aromatic heterocycles. The fourth-order valence-corrected chi connectivity index (χ4v) is 3.80. The summed E-state index contributed by atoms with van der Waals surface area (Å²) in [6, 6.07) is 15.8. The minimum atomic E-state index is -0.881. The number of benzene rings is 2. The zero-order chi connectivity index (χ0) is 22.6. The van der Waals surface area contributed by atoms with Crippen molar-refractivity contribution in [2.24, 2.45) is 0 Å². The van der Waals surface area contributed by atoms with Gasteiger partial charge in [0.05, 0.1) is 12.1 Å². The second-order valence-electron chi connectivity index (χ2n) is 9.26. The van der Waals surface area contributed by atoms with Crippen molar-refractivity contribution in [3.8, 4) is 5.75 Å². The maximum atomic E-state index is 11.3. The molecule has 3 rings (SSSR count). The molecule has 164 valence electrons. The Kier molecular flexibility index (Phi) is 6.84. The fourth-order valence-electron chi connectivity index (χ4n) is 3.80. The molecular weight excluding hydrogens is 390 g/mol. The highest BCUT2D eigenvalue weighted by atomic mass is 16.5. The van der Waals surface area contributed by atoms with Crippen LogP contribution in [0, 0.1) is 0 Å². The van der Waals surface area contributed by atoms with Crippen LogP contribution in [0.1, 0.15) is 80.8 Å². The molecule has 5 heteroatoms. The smallest absolute Gasteiger partial charge is 0.304 e. The maximum absolute atomic E-state index is 11.3. The molecule has 5 nitrogen and oxygen atoms in total. The molecule has 3 aromatic rings. The summed E-state index contributed by atoms with van der Waals surface area (Å²) < 4.78 is 10.9. The van der Waals surface area contributed by atoms with Crippen molar-refractivity contribution >= 4 is 5.97 Å². The van der Waals surface area contributed by atoms with Crippen molar-refractivity contribution in [1.82, 2.24) is 5.16 Å². The molecule has 0 fully saturated rings. The minimum absolute atomic E-state index is 0.0508. The Bertz CT molecular complexity index is 999. The molecule has 2 aromatic carbocycles. The van der Waals surface area contributed by atoms with E-state index in [4.69, 9.17) is 9.26 Å². The number of carboxylic acid groups (broad SMARTS) is 1. The third-order valence-electron chi connectivity index (χ3n) is 5.43. The number of aliphatic carboxylic acids is 1. The molecule has 1 unspecified atom stereocenters. The van der Waals surface area contributed by atoms with E-state index in [9.17, 15) is 9.90 Å². The Morgan fingerprint density at radius 3 is 2.35 bits per heavy atom. The van der Waals surface area contributed by atoms with Gasteiger partial charge in [-0.2, -0.15) is 0 Å². The van der Waals surface area contributed by atoms with Crippen LogP contribution in [-0.2, 0) is 16.8 Å². The summed E-state index contributed by atoms with van der Waals surface area (Å²) in [6.07, 6.45) is 1.41. The zero-order valence-corrected chi connectivity index (χ0v) is 18.9. The van der Waals surface area contributed by atoms with E-state index >= 15 is 0 Å². The lowest BCUT2D eigenvalue weighted by Crippen LogP contribution is -2.15. The molecule has 0 aliphatic heterocycles. The summed E-state index contributed by atoms with van der Waals surface area (Å²) in [5, 5.41) is 13.2. The Balaban J connectivity index is 1.73. The van der Waals surface area contributed by atoms with Crippen LogP contribution in [0.3, 0.4) is 0 Å². The van der Waals surface area contributed by atoms with Crippen LogP contribution in [0.2, 0.25) is 0 Å². The van der Waals surface area contributed by atoms with Crippen molar-refractivity contribution in [2.75, 3.05) is 0 Å². The van der Waals surface area contributed by atoms with Crippen LogP contribution in [0.4, 0.5) is 0 Å². The number of carbonyl (C=O) groups is 1. The van der Waals surface area contributed by atoms with Crippen LogP contribution in [-0.4, -0.2) is 16.2 Å². The molecule has 0 bridgehead atoms. The lowest BCUT2D eigenvalue weighted by molar-refractivity contribution is -0.137. The summed E-state index contributed by atoms with van der Waals surface area (Å²) >= 11 is 0. The van der Waals surface area contributed by atoms with Gasteiger partial charge in [-0.1, -0.05) is 70.1 Å². The largest absolute Gasteiger partial charge is 0.489 e. The van der Waals surface area contributed by atoms with Crippen LogP contribution < -0.4 is 4.74 Å². The Morgan fingerprint density at radius 1 is 1.10 bits per heavy atom. The van der Waals surface area contributed by atoms with E-state index in [-0.39, 0.29) is 17.8 Å². The number of nitrogens with zero attached hydrogens (tertiary/aromatic N) is 1. The highest BCUT2D eigenvalue weighted by Crippen LogP contribution is 2.32.